The van der Waals surface area contributed by atoms with Crippen LogP contribution in [0, 0.1) is 5.92 Å². The van der Waals surface area contributed by atoms with Crippen molar-refractivity contribution in [3.63, 3.8) is 0 Å². The van der Waals surface area contributed by atoms with Crippen LogP contribution in [0.15, 0.2) is 54.6 Å². The highest BCUT2D eigenvalue weighted by molar-refractivity contribution is 5.30. The summed E-state index contributed by atoms with van der Waals surface area (Å²) in [6.45, 7) is 4.97. The Kier molecular flexibility index (Phi) is 5.19. The summed E-state index contributed by atoms with van der Waals surface area (Å²) in [5, 5.41) is 0. The largest absolute Gasteiger partial charge is 0.489 e. The van der Waals surface area contributed by atoms with E-state index < -0.39 is 0 Å². The highest BCUT2D eigenvalue weighted by Crippen LogP contribution is 2.23. The molecule has 1 atom stereocenters. The molecule has 2 aromatic carbocycles. The van der Waals surface area contributed by atoms with Crippen molar-refractivity contribution in [2.45, 2.75) is 32.9 Å². The smallest absolute Gasteiger partial charge is 0.120 e. The molecule has 0 aliphatic rings. The maximum absolute atomic E-state index is 6.22. The minimum atomic E-state index is 0.0790. The fourth-order valence-electron chi connectivity index (χ4n) is 2.22. The van der Waals surface area contributed by atoms with E-state index in [2.05, 4.69) is 38.1 Å². The van der Waals surface area contributed by atoms with E-state index in [9.17, 15) is 0 Å². The summed E-state index contributed by atoms with van der Waals surface area (Å²) in [7, 11) is 0. The summed E-state index contributed by atoms with van der Waals surface area (Å²) in [6.07, 6.45) is 0.988. The molecule has 2 heteroatoms. The molecule has 0 saturated heterocycles. The van der Waals surface area contributed by atoms with Crippen molar-refractivity contribution in [1.82, 2.24) is 0 Å². The van der Waals surface area contributed by atoms with Gasteiger partial charge < -0.3 is 10.5 Å². The molecule has 0 amide bonds. The van der Waals surface area contributed by atoms with Crippen molar-refractivity contribution in [3.05, 3.63) is 65.7 Å². The number of nitrogens with two attached hydrogens (primary N) is 1. The van der Waals surface area contributed by atoms with Crippen LogP contribution in [0.1, 0.15) is 37.4 Å². The minimum Gasteiger partial charge on any atom is -0.489 e. The Balaban J connectivity index is 1.99. The molecule has 0 radical (unpaired) electrons. The van der Waals surface area contributed by atoms with Gasteiger partial charge in [0.1, 0.15) is 12.4 Å². The Labute approximate surface area is 121 Å². The van der Waals surface area contributed by atoms with Gasteiger partial charge in [-0.25, -0.2) is 0 Å². The van der Waals surface area contributed by atoms with E-state index in [0.717, 1.165) is 17.7 Å². The lowest BCUT2D eigenvalue weighted by Crippen LogP contribution is -2.12. The second kappa shape index (κ2) is 7.11. The van der Waals surface area contributed by atoms with Crippen LogP contribution < -0.4 is 10.5 Å². The average Bonchev–Trinajstić information content (AvgIpc) is 2.46. The topological polar surface area (TPSA) is 35.2 Å². The molecule has 0 unspecified atom stereocenters. The number of hydrogen-bond acceptors (Lipinski definition) is 2. The first-order valence-corrected chi connectivity index (χ1v) is 7.17. The fourth-order valence-corrected chi connectivity index (χ4v) is 2.22. The summed E-state index contributed by atoms with van der Waals surface area (Å²) in [5.41, 5.74) is 8.53. The van der Waals surface area contributed by atoms with Crippen LogP contribution in [0.25, 0.3) is 0 Å². The van der Waals surface area contributed by atoms with Crippen LogP contribution in [0.3, 0.4) is 0 Å². The summed E-state index contributed by atoms with van der Waals surface area (Å²) < 4.78 is 5.83. The van der Waals surface area contributed by atoms with Gasteiger partial charge in [-0.05, 0) is 35.6 Å². The molecule has 2 nitrogen and oxygen atoms in total. The van der Waals surface area contributed by atoms with Crippen LogP contribution in [0.5, 0.6) is 5.75 Å². The third-order valence-corrected chi connectivity index (χ3v) is 3.26. The molecule has 0 aliphatic heterocycles. The standard InChI is InChI=1S/C18H23NO/c1-14(2)11-18(19)16-9-6-10-17(12-16)20-13-15-7-4-3-5-8-15/h3-10,12,14,18H,11,13,19H2,1-2H3/t18-/m1/s1. The molecule has 2 N–H and O–H groups in total. The highest BCUT2D eigenvalue weighted by atomic mass is 16.5. The lowest BCUT2D eigenvalue weighted by Gasteiger charge is -2.15. The molecular weight excluding hydrogens is 246 g/mol. The van der Waals surface area contributed by atoms with Gasteiger partial charge in [-0.3, -0.25) is 0 Å². The molecular formula is C18H23NO. The molecule has 0 bridgehead atoms. The van der Waals surface area contributed by atoms with Crippen molar-refractivity contribution in [3.8, 4) is 5.75 Å². The van der Waals surface area contributed by atoms with Crippen molar-refractivity contribution in [2.75, 3.05) is 0 Å². The van der Waals surface area contributed by atoms with Gasteiger partial charge in [-0.1, -0.05) is 56.3 Å². The van der Waals surface area contributed by atoms with E-state index in [1.807, 2.05) is 30.3 Å². The third kappa shape index (κ3) is 4.39. The molecule has 0 aliphatic carbocycles. The molecule has 106 valence electrons. The predicted octanol–water partition coefficient (Wildman–Crippen LogP) is 4.31. The fraction of sp³-hybridized carbons (Fsp3) is 0.333. The summed E-state index contributed by atoms with van der Waals surface area (Å²) >= 11 is 0. The van der Waals surface area contributed by atoms with Crippen molar-refractivity contribution < 1.29 is 4.74 Å². The summed E-state index contributed by atoms with van der Waals surface area (Å²) in [5.74, 6) is 1.48. The minimum absolute atomic E-state index is 0.0790. The van der Waals surface area contributed by atoms with Crippen LogP contribution in [0.4, 0.5) is 0 Å². The lowest BCUT2D eigenvalue weighted by atomic mass is 9.98. The first kappa shape index (κ1) is 14.6. The molecule has 0 spiro atoms. The first-order chi connectivity index (χ1) is 9.65. The first-order valence-electron chi connectivity index (χ1n) is 7.17. The van der Waals surface area contributed by atoms with Crippen LogP contribution in [-0.4, -0.2) is 0 Å². The van der Waals surface area contributed by atoms with E-state index >= 15 is 0 Å². The third-order valence-electron chi connectivity index (χ3n) is 3.26. The van der Waals surface area contributed by atoms with Gasteiger partial charge in [0.25, 0.3) is 0 Å². The monoisotopic (exact) mass is 269 g/mol. The number of ether oxygens (including phenoxy) is 1. The van der Waals surface area contributed by atoms with Gasteiger partial charge in [0, 0.05) is 6.04 Å². The Morgan fingerprint density at radius 2 is 1.75 bits per heavy atom. The lowest BCUT2D eigenvalue weighted by molar-refractivity contribution is 0.305. The number of rotatable bonds is 6. The molecule has 2 aromatic rings. The van der Waals surface area contributed by atoms with Crippen LogP contribution in [-0.2, 0) is 6.61 Å². The maximum Gasteiger partial charge on any atom is 0.120 e. The second-order valence-electron chi connectivity index (χ2n) is 5.58. The SMILES string of the molecule is CC(C)C[C@@H](N)c1cccc(OCc2ccccc2)c1. The molecule has 2 rings (SSSR count). The average molecular weight is 269 g/mol. The maximum atomic E-state index is 6.22. The van der Waals surface area contributed by atoms with E-state index in [0.29, 0.717) is 12.5 Å². The molecule has 20 heavy (non-hydrogen) atoms. The quantitative estimate of drug-likeness (QED) is 0.848. The molecule has 0 heterocycles. The van der Waals surface area contributed by atoms with Gasteiger partial charge in [0.05, 0.1) is 0 Å². The normalized spacial score (nSPS) is 12.4. The Morgan fingerprint density at radius 3 is 2.45 bits per heavy atom. The van der Waals surface area contributed by atoms with Crippen molar-refractivity contribution >= 4 is 0 Å². The predicted molar refractivity (Wildman–Crippen MR) is 83.6 cm³/mol. The summed E-state index contributed by atoms with van der Waals surface area (Å²) in [4.78, 5) is 0. The Morgan fingerprint density at radius 1 is 1.00 bits per heavy atom. The van der Waals surface area contributed by atoms with Gasteiger partial charge in [0.15, 0.2) is 0 Å². The zero-order chi connectivity index (χ0) is 14.4. The van der Waals surface area contributed by atoms with Crippen molar-refractivity contribution in [1.29, 1.82) is 0 Å². The zero-order valence-corrected chi connectivity index (χ0v) is 12.3. The van der Waals surface area contributed by atoms with Gasteiger partial charge >= 0.3 is 0 Å². The Hall–Kier alpha value is -1.80. The highest BCUT2D eigenvalue weighted by Gasteiger charge is 2.09. The van der Waals surface area contributed by atoms with E-state index in [1.54, 1.807) is 0 Å². The molecule has 0 saturated carbocycles. The van der Waals surface area contributed by atoms with E-state index in [-0.39, 0.29) is 6.04 Å². The number of hydrogen-bond donors (Lipinski definition) is 1. The zero-order valence-electron chi connectivity index (χ0n) is 12.3. The van der Waals surface area contributed by atoms with Gasteiger partial charge in [-0.15, -0.1) is 0 Å². The van der Waals surface area contributed by atoms with Crippen molar-refractivity contribution in [2.24, 2.45) is 11.7 Å². The molecule has 0 aromatic heterocycles. The molecule has 0 fully saturated rings. The van der Waals surface area contributed by atoms with Crippen LogP contribution >= 0.6 is 0 Å². The van der Waals surface area contributed by atoms with Gasteiger partial charge in [0.2, 0.25) is 0 Å². The van der Waals surface area contributed by atoms with Crippen LogP contribution in [0.2, 0.25) is 0 Å². The Bertz CT molecular complexity index is 522. The van der Waals surface area contributed by atoms with E-state index in [1.165, 1.54) is 5.56 Å². The van der Waals surface area contributed by atoms with Gasteiger partial charge in [-0.2, -0.15) is 0 Å². The summed E-state index contributed by atoms with van der Waals surface area (Å²) in [6, 6.07) is 18.4. The number of benzene rings is 2. The van der Waals surface area contributed by atoms with E-state index in [4.69, 9.17) is 10.5 Å². The second-order valence-corrected chi connectivity index (χ2v) is 5.58.